The Bertz CT molecular complexity index is 1420. The van der Waals surface area contributed by atoms with Crippen molar-refractivity contribution >= 4 is 44.1 Å². The minimum absolute atomic E-state index is 0.00568. The Morgan fingerprint density at radius 2 is 1.76 bits per heavy atom. The van der Waals surface area contributed by atoms with Crippen LogP contribution in [-0.2, 0) is 9.59 Å². The zero-order chi connectivity index (χ0) is 23.1. The second-order valence-corrected chi connectivity index (χ2v) is 8.75. The fourth-order valence-corrected chi connectivity index (χ4v) is 5.18. The van der Waals surface area contributed by atoms with E-state index in [9.17, 15) is 14.7 Å². The van der Waals surface area contributed by atoms with Crippen molar-refractivity contribution < 1.29 is 19.4 Å². The van der Waals surface area contributed by atoms with Crippen LogP contribution < -0.4 is 9.64 Å². The minimum atomic E-state index is -0.886. The zero-order valence-corrected chi connectivity index (χ0v) is 18.8. The molecule has 1 saturated heterocycles. The van der Waals surface area contributed by atoms with Crippen molar-refractivity contribution in [1.29, 1.82) is 0 Å². The molecule has 0 spiro atoms. The molecule has 1 unspecified atom stereocenters. The summed E-state index contributed by atoms with van der Waals surface area (Å²) in [5.74, 6) is -1.23. The van der Waals surface area contributed by atoms with Gasteiger partial charge in [-0.15, -0.1) is 0 Å². The molecule has 0 bridgehead atoms. The molecule has 0 radical (unpaired) electrons. The Kier molecular flexibility index (Phi) is 5.18. The first kappa shape index (κ1) is 20.9. The van der Waals surface area contributed by atoms with Gasteiger partial charge in [-0.25, -0.2) is 4.98 Å². The summed E-state index contributed by atoms with van der Waals surface area (Å²) in [4.78, 5) is 32.6. The van der Waals surface area contributed by atoms with Crippen molar-refractivity contribution in [2.45, 2.75) is 13.0 Å². The normalized spacial score (nSPS) is 17.6. The maximum absolute atomic E-state index is 13.3. The van der Waals surface area contributed by atoms with Crippen LogP contribution in [0.1, 0.15) is 22.7 Å². The lowest BCUT2D eigenvalue weighted by molar-refractivity contribution is -0.132. The zero-order valence-electron chi connectivity index (χ0n) is 18.0. The van der Waals surface area contributed by atoms with E-state index in [1.807, 2.05) is 43.3 Å². The average molecular weight is 457 g/mol. The number of carbonyl (C=O) groups excluding carboxylic acids is 2. The number of hydrogen-bond acceptors (Lipinski definition) is 6. The van der Waals surface area contributed by atoms with Crippen molar-refractivity contribution in [3.05, 3.63) is 95.1 Å². The van der Waals surface area contributed by atoms with Crippen LogP contribution in [0.4, 0.5) is 5.13 Å². The molecule has 7 heteroatoms. The van der Waals surface area contributed by atoms with Gasteiger partial charge in [-0.3, -0.25) is 14.5 Å². The fourth-order valence-electron chi connectivity index (χ4n) is 4.09. The van der Waals surface area contributed by atoms with E-state index in [0.29, 0.717) is 22.0 Å². The van der Waals surface area contributed by atoms with Gasteiger partial charge in [0.25, 0.3) is 5.78 Å². The van der Waals surface area contributed by atoms with E-state index >= 15 is 0 Å². The largest absolute Gasteiger partial charge is 0.507 e. The van der Waals surface area contributed by atoms with Crippen molar-refractivity contribution in [3.63, 3.8) is 0 Å². The Morgan fingerprint density at radius 1 is 1.03 bits per heavy atom. The number of methoxy groups -OCH3 is 1. The predicted octanol–water partition coefficient (Wildman–Crippen LogP) is 5.24. The molecule has 5 rings (SSSR count). The third-order valence-electron chi connectivity index (χ3n) is 5.66. The van der Waals surface area contributed by atoms with Crippen LogP contribution in [0.25, 0.3) is 16.0 Å². The average Bonchev–Trinajstić information content (AvgIpc) is 3.36. The number of aromatic nitrogens is 1. The molecule has 2 heterocycles. The van der Waals surface area contributed by atoms with Crippen LogP contribution in [-0.4, -0.2) is 28.9 Å². The number of Topliss-reactive ketones (excluding diaryl/α,β-unsaturated/α-hetero) is 1. The summed E-state index contributed by atoms with van der Waals surface area (Å²) in [6.45, 7) is 1.99. The Morgan fingerprint density at radius 3 is 2.52 bits per heavy atom. The van der Waals surface area contributed by atoms with E-state index in [1.165, 1.54) is 23.3 Å². The molecule has 1 atom stereocenters. The first-order valence-electron chi connectivity index (χ1n) is 10.4. The molecule has 6 nitrogen and oxygen atoms in total. The highest BCUT2D eigenvalue weighted by atomic mass is 32.1. The number of anilines is 1. The van der Waals surface area contributed by atoms with Crippen LogP contribution in [0.5, 0.6) is 5.75 Å². The van der Waals surface area contributed by atoms with E-state index in [4.69, 9.17) is 4.74 Å². The number of fused-ring (bicyclic) bond motifs is 1. The van der Waals surface area contributed by atoms with E-state index in [1.54, 1.807) is 36.4 Å². The Balaban J connectivity index is 1.77. The molecule has 4 aromatic rings. The lowest BCUT2D eigenvalue weighted by Gasteiger charge is -2.24. The number of aryl methyl sites for hydroxylation is 1. The molecule has 164 valence electrons. The van der Waals surface area contributed by atoms with Gasteiger partial charge in [0.05, 0.1) is 22.9 Å². The summed E-state index contributed by atoms with van der Waals surface area (Å²) >= 11 is 1.33. The maximum Gasteiger partial charge on any atom is 0.301 e. The third kappa shape index (κ3) is 3.47. The van der Waals surface area contributed by atoms with Crippen LogP contribution >= 0.6 is 11.3 Å². The molecule has 0 saturated carbocycles. The smallest absolute Gasteiger partial charge is 0.301 e. The predicted molar refractivity (Wildman–Crippen MR) is 129 cm³/mol. The van der Waals surface area contributed by atoms with Crippen molar-refractivity contribution in [3.8, 4) is 5.75 Å². The van der Waals surface area contributed by atoms with Crippen molar-refractivity contribution in [2.24, 2.45) is 0 Å². The molecule has 1 fully saturated rings. The van der Waals surface area contributed by atoms with Gasteiger partial charge in [0.1, 0.15) is 17.6 Å². The first-order valence-corrected chi connectivity index (χ1v) is 11.2. The lowest BCUT2D eigenvalue weighted by atomic mass is 9.95. The van der Waals surface area contributed by atoms with Crippen LogP contribution in [0, 0.1) is 6.92 Å². The van der Waals surface area contributed by atoms with Gasteiger partial charge in [0.2, 0.25) is 0 Å². The first-order chi connectivity index (χ1) is 16.0. The molecule has 1 aliphatic heterocycles. The number of nitrogens with zero attached hydrogens (tertiary/aromatic N) is 2. The number of carbonyl (C=O) groups is 2. The number of amides is 1. The highest BCUT2D eigenvalue weighted by molar-refractivity contribution is 7.22. The molecule has 0 aliphatic carbocycles. The number of aliphatic hydroxyl groups is 1. The second-order valence-electron chi connectivity index (χ2n) is 7.74. The van der Waals surface area contributed by atoms with E-state index in [-0.39, 0.29) is 11.3 Å². The van der Waals surface area contributed by atoms with Crippen LogP contribution in [0.2, 0.25) is 0 Å². The SMILES string of the molecule is COc1ccccc1C1C(=C(O)c2ccccc2)C(=O)C(=O)N1c1nc2ccc(C)cc2s1. The van der Waals surface area contributed by atoms with Gasteiger partial charge >= 0.3 is 5.91 Å². The van der Waals surface area contributed by atoms with E-state index < -0.39 is 17.7 Å². The number of rotatable bonds is 4. The van der Waals surface area contributed by atoms with E-state index in [0.717, 1.165) is 15.8 Å². The minimum Gasteiger partial charge on any atom is -0.507 e. The monoisotopic (exact) mass is 456 g/mol. The summed E-state index contributed by atoms with van der Waals surface area (Å²) in [5, 5.41) is 11.6. The van der Waals surface area contributed by atoms with Gasteiger partial charge in [0.15, 0.2) is 5.13 Å². The molecule has 3 aromatic carbocycles. The number of hydrogen-bond donors (Lipinski definition) is 1. The van der Waals surface area contributed by atoms with Gasteiger partial charge < -0.3 is 9.84 Å². The highest BCUT2D eigenvalue weighted by Gasteiger charge is 2.49. The standard InChI is InChI=1S/C26H20N2O4S/c1-15-12-13-18-20(14-15)33-26(27-18)28-22(17-10-6-7-11-19(17)32-2)21(24(30)25(28)31)23(29)16-8-4-3-5-9-16/h3-14,22,29H,1-2H3. The number of aliphatic hydroxyl groups excluding tert-OH is 1. The fraction of sp³-hybridized carbons (Fsp3) is 0.115. The molecule has 1 aromatic heterocycles. The molecule has 1 aliphatic rings. The number of ether oxygens (including phenoxy) is 1. The number of benzene rings is 3. The highest BCUT2D eigenvalue weighted by Crippen LogP contribution is 2.46. The summed E-state index contributed by atoms with van der Waals surface area (Å²) in [6, 6.07) is 20.9. The molecular formula is C26H20N2O4S. The quantitative estimate of drug-likeness (QED) is 0.258. The molecule has 33 heavy (non-hydrogen) atoms. The van der Waals surface area contributed by atoms with Gasteiger partial charge in [-0.1, -0.05) is 65.9 Å². The van der Waals surface area contributed by atoms with Crippen LogP contribution in [0.3, 0.4) is 0 Å². The van der Waals surface area contributed by atoms with Crippen molar-refractivity contribution in [2.75, 3.05) is 12.0 Å². The van der Waals surface area contributed by atoms with Gasteiger partial charge in [-0.2, -0.15) is 0 Å². The van der Waals surface area contributed by atoms with Gasteiger partial charge in [0, 0.05) is 11.1 Å². The summed E-state index contributed by atoms with van der Waals surface area (Å²) in [5.41, 5.74) is 2.86. The number of ketones is 1. The van der Waals surface area contributed by atoms with Crippen LogP contribution in [0.15, 0.2) is 78.4 Å². The van der Waals surface area contributed by atoms with E-state index in [2.05, 4.69) is 4.98 Å². The van der Waals surface area contributed by atoms with Gasteiger partial charge in [-0.05, 0) is 30.7 Å². The van der Waals surface area contributed by atoms with Crippen molar-refractivity contribution in [1.82, 2.24) is 4.98 Å². The Labute approximate surface area is 194 Å². The summed E-state index contributed by atoms with van der Waals surface area (Å²) in [7, 11) is 1.53. The number of para-hydroxylation sites is 1. The summed E-state index contributed by atoms with van der Waals surface area (Å²) < 4.78 is 6.46. The molecular weight excluding hydrogens is 436 g/mol. The third-order valence-corrected chi connectivity index (χ3v) is 6.68. The topological polar surface area (TPSA) is 79.7 Å². The number of thiazole rings is 1. The Hall–Kier alpha value is -3.97. The second kappa shape index (κ2) is 8.18. The lowest BCUT2D eigenvalue weighted by Crippen LogP contribution is -2.29. The summed E-state index contributed by atoms with van der Waals surface area (Å²) in [6.07, 6.45) is 0. The molecule has 1 N–H and O–H groups in total. The maximum atomic E-state index is 13.3. The molecule has 1 amide bonds.